The van der Waals surface area contributed by atoms with Gasteiger partial charge in [0.2, 0.25) is 0 Å². The van der Waals surface area contributed by atoms with Crippen LogP contribution in [0, 0.1) is 0 Å². The first-order valence-electron chi connectivity index (χ1n) is 5.45. The number of hydrogen-bond donors (Lipinski definition) is 0. The molecule has 0 saturated carbocycles. The van der Waals surface area contributed by atoms with Gasteiger partial charge in [-0.3, -0.25) is 0 Å². The van der Waals surface area contributed by atoms with E-state index >= 15 is 0 Å². The number of hydrogen-bond acceptors (Lipinski definition) is 2. The van der Waals surface area contributed by atoms with Crippen molar-refractivity contribution < 1.29 is 9.47 Å². The van der Waals surface area contributed by atoms with Crippen LogP contribution in [0.25, 0.3) is 0 Å². The molecule has 0 aromatic heterocycles. The molecule has 84 valence electrons. The van der Waals surface area contributed by atoms with Gasteiger partial charge in [0.25, 0.3) is 0 Å². The van der Waals surface area contributed by atoms with Gasteiger partial charge >= 0.3 is 0 Å². The SMILES string of the molecule is CCCC(C)c1c(OC)cccc1OC. The highest BCUT2D eigenvalue weighted by Crippen LogP contribution is 2.36. The van der Waals surface area contributed by atoms with Crippen molar-refractivity contribution in [2.75, 3.05) is 14.2 Å². The molecule has 1 atom stereocenters. The molecule has 15 heavy (non-hydrogen) atoms. The summed E-state index contributed by atoms with van der Waals surface area (Å²) in [7, 11) is 3.41. The summed E-state index contributed by atoms with van der Waals surface area (Å²) < 4.78 is 10.8. The van der Waals surface area contributed by atoms with E-state index in [9.17, 15) is 0 Å². The molecule has 1 aromatic carbocycles. The molecule has 0 amide bonds. The van der Waals surface area contributed by atoms with Crippen molar-refractivity contribution in [3.63, 3.8) is 0 Å². The zero-order chi connectivity index (χ0) is 11.3. The fraction of sp³-hybridized carbons (Fsp3) is 0.538. The smallest absolute Gasteiger partial charge is 0.126 e. The quantitative estimate of drug-likeness (QED) is 0.736. The zero-order valence-corrected chi connectivity index (χ0v) is 10.0. The zero-order valence-electron chi connectivity index (χ0n) is 10.0. The fourth-order valence-electron chi connectivity index (χ4n) is 1.94. The first-order valence-corrected chi connectivity index (χ1v) is 5.45. The average molecular weight is 208 g/mol. The summed E-state index contributed by atoms with van der Waals surface area (Å²) in [5, 5.41) is 0. The molecule has 0 saturated heterocycles. The molecule has 0 bridgehead atoms. The lowest BCUT2D eigenvalue weighted by molar-refractivity contribution is 0.378. The van der Waals surface area contributed by atoms with Gasteiger partial charge < -0.3 is 9.47 Å². The van der Waals surface area contributed by atoms with E-state index in [0.717, 1.165) is 17.9 Å². The summed E-state index contributed by atoms with van der Waals surface area (Å²) in [6, 6.07) is 5.94. The monoisotopic (exact) mass is 208 g/mol. The van der Waals surface area contributed by atoms with E-state index < -0.39 is 0 Å². The number of ether oxygens (including phenoxy) is 2. The molecule has 1 rings (SSSR count). The maximum atomic E-state index is 5.38. The molecule has 0 N–H and O–H groups in total. The van der Waals surface area contributed by atoms with Gasteiger partial charge in [-0.15, -0.1) is 0 Å². The van der Waals surface area contributed by atoms with Crippen LogP contribution in [-0.4, -0.2) is 14.2 Å². The summed E-state index contributed by atoms with van der Waals surface area (Å²) in [5.74, 6) is 2.33. The lowest BCUT2D eigenvalue weighted by Gasteiger charge is -2.18. The molecule has 0 fully saturated rings. The van der Waals surface area contributed by atoms with Gasteiger partial charge in [0.1, 0.15) is 11.5 Å². The van der Waals surface area contributed by atoms with E-state index in [-0.39, 0.29) is 0 Å². The first kappa shape index (κ1) is 11.9. The highest BCUT2D eigenvalue weighted by molar-refractivity contribution is 5.46. The lowest BCUT2D eigenvalue weighted by atomic mass is 9.95. The number of benzene rings is 1. The molecule has 0 heterocycles. The van der Waals surface area contributed by atoms with Crippen LogP contribution in [0.15, 0.2) is 18.2 Å². The van der Waals surface area contributed by atoms with Crippen molar-refractivity contribution in [1.29, 1.82) is 0 Å². The molecule has 0 spiro atoms. The van der Waals surface area contributed by atoms with Gasteiger partial charge in [0.05, 0.1) is 14.2 Å². The van der Waals surface area contributed by atoms with Crippen molar-refractivity contribution in [2.45, 2.75) is 32.6 Å². The number of methoxy groups -OCH3 is 2. The Hall–Kier alpha value is -1.18. The van der Waals surface area contributed by atoms with Crippen LogP contribution in [0.3, 0.4) is 0 Å². The standard InChI is InChI=1S/C13H20O2/c1-5-7-10(2)13-11(14-3)8-6-9-12(13)15-4/h6,8-10H,5,7H2,1-4H3. The van der Waals surface area contributed by atoms with Gasteiger partial charge in [0.15, 0.2) is 0 Å². The summed E-state index contributed by atoms with van der Waals surface area (Å²) in [6.45, 7) is 4.41. The highest BCUT2D eigenvalue weighted by Gasteiger charge is 2.15. The Morgan fingerprint density at radius 1 is 1.13 bits per heavy atom. The molecule has 2 heteroatoms. The Morgan fingerprint density at radius 2 is 1.67 bits per heavy atom. The van der Waals surface area contributed by atoms with E-state index in [1.54, 1.807) is 14.2 Å². The van der Waals surface area contributed by atoms with Crippen LogP contribution < -0.4 is 9.47 Å². The van der Waals surface area contributed by atoms with Gasteiger partial charge in [-0.1, -0.05) is 26.3 Å². The van der Waals surface area contributed by atoms with Gasteiger partial charge in [-0.25, -0.2) is 0 Å². The van der Waals surface area contributed by atoms with E-state index in [4.69, 9.17) is 9.47 Å². The Bertz CT molecular complexity index is 285. The summed E-state index contributed by atoms with van der Waals surface area (Å²) >= 11 is 0. The van der Waals surface area contributed by atoms with Crippen molar-refractivity contribution >= 4 is 0 Å². The van der Waals surface area contributed by atoms with Crippen LogP contribution >= 0.6 is 0 Å². The highest BCUT2D eigenvalue weighted by atomic mass is 16.5. The molecule has 1 unspecified atom stereocenters. The van der Waals surface area contributed by atoms with E-state index in [2.05, 4.69) is 13.8 Å². The normalized spacial score (nSPS) is 12.3. The molecule has 0 aliphatic rings. The van der Waals surface area contributed by atoms with Crippen LogP contribution in [-0.2, 0) is 0 Å². The minimum absolute atomic E-state index is 0.473. The van der Waals surface area contributed by atoms with E-state index in [0.29, 0.717) is 5.92 Å². The van der Waals surface area contributed by atoms with E-state index in [1.807, 2.05) is 18.2 Å². The Morgan fingerprint density at radius 3 is 2.07 bits per heavy atom. The first-order chi connectivity index (χ1) is 7.24. The number of rotatable bonds is 5. The second-order valence-electron chi connectivity index (χ2n) is 3.77. The Labute approximate surface area is 92.2 Å². The van der Waals surface area contributed by atoms with Crippen LogP contribution in [0.5, 0.6) is 11.5 Å². The van der Waals surface area contributed by atoms with Crippen molar-refractivity contribution in [1.82, 2.24) is 0 Å². The molecular formula is C13H20O2. The summed E-state index contributed by atoms with van der Waals surface area (Å²) in [4.78, 5) is 0. The van der Waals surface area contributed by atoms with Crippen molar-refractivity contribution in [3.05, 3.63) is 23.8 Å². The summed E-state index contributed by atoms with van der Waals surface area (Å²) in [6.07, 6.45) is 2.32. The minimum Gasteiger partial charge on any atom is -0.496 e. The maximum absolute atomic E-state index is 5.38. The maximum Gasteiger partial charge on any atom is 0.126 e. The van der Waals surface area contributed by atoms with Crippen molar-refractivity contribution in [2.24, 2.45) is 0 Å². The van der Waals surface area contributed by atoms with Crippen LogP contribution in [0.1, 0.15) is 38.2 Å². The summed E-state index contributed by atoms with van der Waals surface area (Å²) in [5.41, 5.74) is 1.18. The van der Waals surface area contributed by atoms with Crippen LogP contribution in [0.2, 0.25) is 0 Å². The van der Waals surface area contributed by atoms with Gasteiger partial charge in [-0.2, -0.15) is 0 Å². The van der Waals surface area contributed by atoms with Gasteiger partial charge in [-0.05, 0) is 24.5 Å². The predicted octanol–water partition coefficient (Wildman–Crippen LogP) is 3.61. The fourth-order valence-corrected chi connectivity index (χ4v) is 1.94. The topological polar surface area (TPSA) is 18.5 Å². The molecular weight excluding hydrogens is 188 g/mol. The third kappa shape index (κ3) is 2.65. The largest absolute Gasteiger partial charge is 0.496 e. The average Bonchev–Trinajstić information content (AvgIpc) is 2.28. The van der Waals surface area contributed by atoms with Gasteiger partial charge in [0, 0.05) is 5.56 Å². The molecule has 0 aliphatic carbocycles. The molecule has 0 radical (unpaired) electrons. The minimum atomic E-state index is 0.473. The molecule has 0 aliphatic heterocycles. The third-order valence-corrected chi connectivity index (χ3v) is 2.68. The Kier molecular flexibility index (Phi) is 4.47. The third-order valence-electron chi connectivity index (χ3n) is 2.68. The van der Waals surface area contributed by atoms with E-state index in [1.165, 1.54) is 12.0 Å². The lowest BCUT2D eigenvalue weighted by Crippen LogP contribution is -2.00. The molecule has 1 aromatic rings. The molecule has 2 nitrogen and oxygen atoms in total. The Balaban J connectivity index is 3.09. The van der Waals surface area contributed by atoms with Crippen molar-refractivity contribution in [3.8, 4) is 11.5 Å². The van der Waals surface area contributed by atoms with Crippen LogP contribution in [0.4, 0.5) is 0 Å². The predicted molar refractivity (Wildman–Crippen MR) is 62.9 cm³/mol. The second kappa shape index (κ2) is 5.64. The second-order valence-corrected chi connectivity index (χ2v) is 3.77.